The molecule has 0 saturated carbocycles. The number of rotatable bonds is 7. The second kappa shape index (κ2) is 8.24. The van der Waals surface area contributed by atoms with E-state index in [4.69, 9.17) is 4.74 Å². The number of nitrogens with zero attached hydrogens (tertiary/aromatic N) is 2. The van der Waals surface area contributed by atoms with E-state index in [9.17, 15) is 9.59 Å². The maximum absolute atomic E-state index is 12.9. The van der Waals surface area contributed by atoms with Gasteiger partial charge in [-0.15, -0.1) is 0 Å². The molecule has 0 saturated heterocycles. The topological polar surface area (TPSA) is 68.7 Å². The van der Waals surface area contributed by atoms with Crippen LogP contribution in [0.25, 0.3) is 10.9 Å². The smallest absolute Gasteiger partial charge is 0.307 e. The molecule has 1 aromatic heterocycles. The minimum Gasteiger partial charge on any atom is -0.469 e. The molecule has 6 nitrogen and oxygen atoms in total. The third-order valence-corrected chi connectivity index (χ3v) is 3.54. The minimum absolute atomic E-state index is 0.148. The van der Waals surface area contributed by atoms with E-state index >= 15 is 0 Å². The fraction of sp³-hybridized carbons (Fsp3) is 0.353. The fourth-order valence-electron chi connectivity index (χ4n) is 2.30. The van der Waals surface area contributed by atoms with E-state index in [2.05, 4.69) is 9.72 Å². The molecular weight excluding hydrogens is 296 g/mol. The molecule has 0 N–H and O–H groups in total. The molecule has 0 bridgehead atoms. The number of hydrogen-bond donors (Lipinski definition) is 0. The summed E-state index contributed by atoms with van der Waals surface area (Å²) in [6.45, 7) is 1.09. The summed E-state index contributed by atoms with van der Waals surface area (Å²) in [5, 5.41) is 0.792. The number of fused-ring (bicyclic) bond motifs is 1. The van der Waals surface area contributed by atoms with Gasteiger partial charge in [0, 0.05) is 37.3 Å². The molecule has 122 valence electrons. The summed E-state index contributed by atoms with van der Waals surface area (Å²) in [4.78, 5) is 30.1. The van der Waals surface area contributed by atoms with Crippen molar-refractivity contribution in [3.05, 3.63) is 42.1 Å². The Morgan fingerprint density at radius 2 is 1.96 bits per heavy atom. The number of aromatic nitrogens is 1. The average molecular weight is 316 g/mol. The molecule has 0 radical (unpaired) electrons. The highest BCUT2D eigenvalue weighted by molar-refractivity contribution is 6.06. The van der Waals surface area contributed by atoms with Crippen molar-refractivity contribution in [2.24, 2.45) is 0 Å². The van der Waals surface area contributed by atoms with E-state index in [-0.39, 0.29) is 24.8 Å². The molecule has 0 fully saturated rings. The van der Waals surface area contributed by atoms with Gasteiger partial charge in [0.2, 0.25) is 0 Å². The van der Waals surface area contributed by atoms with Gasteiger partial charge in [0.15, 0.2) is 0 Å². The number of esters is 1. The number of pyridine rings is 1. The molecule has 1 amide bonds. The Morgan fingerprint density at radius 3 is 2.70 bits per heavy atom. The number of carbonyl (C=O) groups excluding carboxylic acids is 2. The lowest BCUT2D eigenvalue weighted by Crippen LogP contribution is -2.36. The number of amides is 1. The molecule has 0 aliphatic rings. The highest BCUT2D eigenvalue weighted by Crippen LogP contribution is 2.18. The van der Waals surface area contributed by atoms with Gasteiger partial charge < -0.3 is 14.4 Å². The van der Waals surface area contributed by atoms with Crippen LogP contribution in [0.4, 0.5) is 0 Å². The lowest BCUT2D eigenvalue weighted by atomic mass is 10.1. The molecule has 0 aliphatic carbocycles. The van der Waals surface area contributed by atoms with Gasteiger partial charge >= 0.3 is 5.97 Å². The van der Waals surface area contributed by atoms with Gasteiger partial charge in [-0.2, -0.15) is 0 Å². The first-order valence-electron chi connectivity index (χ1n) is 7.36. The predicted octanol–water partition coefficient (Wildman–Crippen LogP) is 1.89. The molecule has 0 unspecified atom stereocenters. The van der Waals surface area contributed by atoms with Gasteiger partial charge in [-0.05, 0) is 18.2 Å². The van der Waals surface area contributed by atoms with Gasteiger partial charge in [0.05, 0.1) is 25.7 Å². The number of hydrogen-bond acceptors (Lipinski definition) is 5. The van der Waals surface area contributed by atoms with Crippen LogP contribution in [0.1, 0.15) is 16.8 Å². The van der Waals surface area contributed by atoms with Crippen molar-refractivity contribution in [3.63, 3.8) is 0 Å². The molecule has 2 aromatic rings. The summed E-state index contributed by atoms with van der Waals surface area (Å²) in [6, 6.07) is 9.10. The Balaban J connectivity index is 2.25. The molecule has 0 atom stereocenters. The summed E-state index contributed by atoms with van der Waals surface area (Å²) < 4.78 is 9.70. The van der Waals surface area contributed by atoms with E-state index in [1.807, 2.05) is 12.1 Å². The third kappa shape index (κ3) is 4.26. The summed E-state index contributed by atoms with van der Waals surface area (Å²) in [5.74, 6) is -0.496. The highest BCUT2D eigenvalue weighted by Gasteiger charge is 2.19. The van der Waals surface area contributed by atoms with Crippen LogP contribution < -0.4 is 0 Å². The van der Waals surface area contributed by atoms with Gasteiger partial charge in [-0.3, -0.25) is 14.6 Å². The summed E-state index contributed by atoms with van der Waals surface area (Å²) in [6.07, 6.45) is 1.84. The maximum Gasteiger partial charge on any atom is 0.307 e. The molecule has 1 aromatic carbocycles. The van der Waals surface area contributed by atoms with E-state index in [0.717, 1.165) is 10.9 Å². The summed E-state index contributed by atoms with van der Waals surface area (Å²) in [7, 11) is 2.91. The molecular formula is C17H20N2O4. The second-order valence-electron chi connectivity index (χ2n) is 4.99. The molecule has 1 heterocycles. The second-order valence-corrected chi connectivity index (χ2v) is 4.99. The fourth-order valence-corrected chi connectivity index (χ4v) is 2.30. The first kappa shape index (κ1) is 16.9. The SMILES string of the molecule is COCCN(CCC(=O)OC)C(=O)c1cccc2ncccc12. The highest BCUT2D eigenvalue weighted by atomic mass is 16.5. The zero-order valence-electron chi connectivity index (χ0n) is 13.3. The van der Waals surface area contributed by atoms with Crippen molar-refractivity contribution in [1.82, 2.24) is 9.88 Å². The van der Waals surface area contributed by atoms with Crippen molar-refractivity contribution in [2.45, 2.75) is 6.42 Å². The van der Waals surface area contributed by atoms with Crippen LogP contribution in [0, 0.1) is 0 Å². The Hall–Kier alpha value is -2.47. The lowest BCUT2D eigenvalue weighted by molar-refractivity contribution is -0.140. The predicted molar refractivity (Wildman–Crippen MR) is 86.2 cm³/mol. The summed E-state index contributed by atoms with van der Waals surface area (Å²) >= 11 is 0. The Kier molecular flexibility index (Phi) is 6.05. The maximum atomic E-state index is 12.9. The van der Waals surface area contributed by atoms with Crippen molar-refractivity contribution in [3.8, 4) is 0 Å². The van der Waals surface area contributed by atoms with Crippen LogP contribution in [0.15, 0.2) is 36.5 Å². The minimum atomic E-state index is -0.347. The molecule has 23 heavy (non-hydrogen) atoms. The Bertz CT molecular complexity index is 682. The van der Waals surface area contributed by atoms with Crippen LogP contribution in [0.2, 0.25) is 0 Å². The third-order valence-electron chi connectivity index (χ3n) is 3.54. The van der Waals surface area contributed by atoms with E-state index in [0.29, 0.717) is 18.7 Å². The molecule has 2 rings (SSSR count). The number of methoxy groups -OCH3 is 2. The van der Waals surface area contributed by atoms with Gasteiger partial charge in [-0.1, -0.05) is 12.1 Å². The van der Waals surface area contributed by atoms with Crippen LogP contribution >= 0.6 is 0 Å². The van der Waals surface area contributed by atoms with Gasteiger partial charge in [0.1, 0.15) is 0 Å². The quantitative estimate of drug-likeness (QED) is 0.730. The standard InChI is InChI=1S/C17H20N2O4/c1-22-12-11-19(10-8-16(20)23-2)17(21)14-5-3-7-15-13(14)6-4-9-18-15/h3-7,9H,8,10-12H2,1-2H3. The first-order chi connectivity index (χ1) is 11.2. The number of benzene rings is 1. The van der Waals surface area contributed by atoms with Crippen molar-refractivity contribution < 1.29 is 19.1 Å². The monoisotopic (exact) mass is 316 g/mol. The largest absolute Gasteiger partial charge is 0.469 e. The molecule has 6 heteroatoms. The normalized spacial score (nSPS) is 10.5. The van der Waals surface area contributed by atoms with Crippen LogP contribution in [-0.4, -0.2) is 55.7 Å². The lowest BCUT2D eigenvalue weighted by Gasteiger charge is -2.22. The first-order valence-corrected chi connectivity index (χ1v) is 7.36. The van der Waals surface area contributed by atoms with Crippen molar-refractivity contribution in [1.29, 1.82) is 0 Å². The van der Waals surface area contributed by atoms with Crippen LogP contribution in [0.3, 0.4) is 0 Å². The van der Waals surface area contributed by atoms with E-state index in [1.165, 1.54) is 7.11 Å². The Labute approximate surface area is 135 Å². The van der Waals surface area contributed by atoms with Crippen molar-refractivity contribution in [2.75, 3.05) is 33.9 Å². The van der Waals surface area contributed by atoms with Gasteiger partial charge in [0.25, 0.3) is 5.91 Å². The van der Waals surface area contributed by atoms with E-state index < -0.39 is 0 Å². The van der Waals surface area contributed by atoms with Crippen molar-refractivity contribution >= 4 is 22.8 Å². The zero-order chi connectivity index (χ0) is 16.7. The molecule has 0 aliphatic heterocycles. The van der Waals surface area contributed by atoms with Crippen LogP contribution in [-0.2, 0) is 14.3 Å². The summed E-state index contributed by atoms with van der Waals surface area (Å²) in [5.41, 5.74) is 1.33. The number of carbonyl (C=O) groups is 2. The van der Waals surface area contributed by atoms with Crippen LogP contribution in [0.5, 0.6) is 0 Å². The molecule has 0 spiro atoms. The van der Waals surface area contributed by atoms with Gasteiger partial charge in [-0.25, -0.2) is 0 Å². The van der Waals surface area contributed by atoms with E-state index in [1.54, 1.807) is 36.4 Å². The number of ether oxygens (including phenoxy) is 2. The Morgan fingerprint density at radius 1 is 1.13 bits per heavy atom. The average Bonchev–Trinajstić information content (AvgIpc) is 2.60. The zero-order valence-corrected chi connectivity index (χ0v) is 13.3.